The SMILES string of the molecule is CCc1cc2c(SCC(=O)Nc3c(C#N)oc4ccccc34)ncnc2s1. The van der Waals surface area contributed by atoms with E-state index < -0.39 is 0 Å². The van der Waals surface area contributed by atoms with Crippen molar-refractivity contribution >= 4 is 55.9 Å². The number of amides is 1. The molecule has 3 heterocycles. The van der Waals surface area contributed by atoms with Crippen LogP contribution < -0.4 is 5.32 Å². The molecule has 0 atom stereocenters. The summed E-state index contributed by atoms with van der Waals surface area (Å²) < 4.78 is 5.48. The van der Waals surface area contributed by atoms with E-state index in [0.29, 0.717) is 16.7 Å². The second-order valence-corrected chi connectivity index (χ2v) is 7.79. The topological polar surface area (TPSA) is 91.8 Å². The molecule has 0 saturated carbocycles. The number of benzene rings is 1. The molecule has 8 heteroatoms. The van der Waals surface area contributed by atoms with Crippen molar-refractivity contribution in [2.75, 3.05) is 11.1 Å². The van der Waals surface area contributed by atoms with Crippen molar-refractivity contribution in [1.29, 1.82) is 5.26 Å². The number of para-hydroxylation sites is 1. The predicted octanol–water partition coefficient (Wildman–Crippen LogP) is 4.60. The number of aromatic nitrogens is 2. The molecule has 0 unspecified atom stereocenters. The van der Waals surface area contributed by atoms with Gasteiger partial charge >= 0.3 is 0 Å². The second-order valence-electron chi connectivity index (χ2n) is 5.71. The molecule has 0 aliphatic carbocycles. The van der Waals surface area contributed by atoms with Crippen LogP contribution in [0, 0.1) is 11.3 Å². The maximum atomic E-state index is 12.5. The van der Waals surface area contributed by atoms with Crippen molar-refractivity contribution in [3.8, 4) is 6.07 Å². The van der Waals surface area contributed by atoms with Crippen LogP contribution in [0.25, 0.3) is 21.2 Å². The molecule has 0 radical (unpaired) electrons. The Labute approximate surface area is 163 Å². The average Bonchev–Trinajstić information content (AvgIpc) is 3.28. The number of thiophene rings is 1. The van der Waals surface area contributed by atoms with Crippen LogP contribution in [0.3, 0.4) is 0 Å². The smallest absolute Gasteiger partial charge is 0.234 e. The van der Waals surface area contributed by atoms with Gasteiger partial charge in [-0.2, -0.15) is 5.26 Å². The summed E-state index contributed by atoms with van der Waals surface area (Å²) in [5.74, 6) is 0.0542. The fraction of sp³-hybridized carbons (Fsp3) is 0.158. The highest BCUT2D eigenvalue weighted by Crippen LogP contribution is 2.32. The lowest BCUT2D eigenvalue weighted by molar-refractivity contribution is -0.113. The van der Waals surface area contributed by atoms with Gasteiger partial charge in [0.2, 0.25) is 11.7 Å². The molecule has 0 saturated heterocycles. The molecular weight excluding hydrogens is 380 g/mol. The first-order valence-electron chi connectivity index (χ1n) is 8.27. The van der Waals surface area contributed by atoms with Gasteiger partial charge in [0, 0.05) is 15.6 Å². The van der Waals surface area contributed by atoms with E-state index in [9.17, 15) is 10.1 Å². The van der Waals surface area contributed by atoms with Gasteiger partial charge in [0.1, 0.15) is 33.5 Å². The average molecular weight is 394 g/mol. The molecular formula is C19H14N4O2S2. The van der Waals surface area contributed by atoms with Gasteiger partial charge in [-0.15, -0.1) is 11.3 Å². The van der Waals surface area contributed by atoms with E-state index in [4.69, 9.17) is 4.42 Å². The van der Waals surface area contributed by atoms with Crippen LogP contribution in [0.4, 0.5) is 5.69 Å². The monoisotopic (exact) mass is 394 g/mol. The molecule has 3 aromatic heterocycles. The summed E-state index contributed by atoms with van der Waals surface area (Å²) in [7, 11) is 0. The van der Waals surface area contributed by atoms with Gasteiger partial charge < -0.3 is 9.73 Å². The Kier molecular flexibility index (Phi) is 4.79. The number of rotatable bonds is 5. The number of hydrogen-bond donors (Lipinski definition) is 1. The van der Waals surface area contributed by atoms with E-state index in [2.05, 4.69) is 28.3 Å². The summed E-state index contributed by atoms with van der Waals surface area (Å²) in [6, 6.07) is 11.3. The summed E-state index contributed by atoms with van der Waals surface area (Å²) in [6.45, 7) is 2.10. The normalized spacial score (nSPS) is 11.0. The molecule has 4 aromatic rings. The molecule has 0 spiro atoms. The quantitative estimate of drug-likeness (QED) is 0.393. The zero-order valence-electron chi connectivity index (χ0n) is 14.4. The Hall–Kier alpha value is -2.89. The molecule has 1 amide bonds. The van der Waals surface area contributed by atoms with Crippen molar-refractivity contribution < 1.29 is 9.21 Å². The van der Waals surface area contributed by atoms with Crippen LogP contribution in [0.5, 0.6) is 0 Å². The number of carbonyl (C=O) groups excluding carboxylic acids is 1. The first kappa shape index (κ1) is 17.5. The molecule has 0 aliphatic rings. The van der Waals surface area contributed by atoms with Crippen molar-refractivity contribution in [3.05, 3.63) is 47.3 Å². The summed E-state index contributed by atoms with van der Waals surface area (Å²) >= 11 is 2.99. The standard InChI is InChI=1S/C19H14N4O2S2/c1-2-11-7-13-18(21-10-22-19(13)27-11)26-9-16(24)23-17-12-5-3-4-6-14(12)25-15(17)8-20/h3-7,10H,2,9H2,1H3,(H,23,24). The number of anilines is 1. The third-order valence-corrected chi connectivity index (χ3v) is 6.19. The van der Waals surface area contributed by atoms with Crippen LogP contribution in [0.2, 0.25) is 0 Å². The van der Waals surface area contributed by atoms with Gasteiger partial charge in [0.25, 0.3) is 0 Å². The number of carbonyl (C=O) groups is 1. The first-order valence-corrected chi connectivity index (χ1v) is 10.1. The lowest BCUT2D eigenvalue weighted by Crippen LogP contribution is -2.14. The molecule has 134 valence electrons. The molecule has 27 heavy (non-hydrogen) atoms. The van der Waals surface area contributed by atoms with Crippen LogP contribution in [-0.4, -0.2) is 21.6 Å². The largest absolute Gasteiger partial charge is 0.443 e. The van der Waals surface area contributed by atoms with E-state index >= 15 is 0 Å². The molecule has 0 bridgehead atoms. The summed E-state index contributed by atoms with van der Waals surface area (Å²) in [4.78, 5) is 23.2. The Morgan fingerprint density at radius 3 is 3.00 bits per heavy atom. The van der Waals surface area contributed by atoms with Gasteiger partial charge in [-0.05, 0) is 24.6 Å². The van der Waals surface area contributed by atoms with Crippen LogP contribution >= 0.6 is 23.1 Å². The molecule has 4 rings (SSSR count). The zero-order chi connectivity index (χ0) is 18.8. The predicted molar refractivity (Wildman–Crippen MR) is 107 cm³/mol. The Morgan fingerprint density at radius 1 is 1.33 bits per heavy atom. The first-order chi connectivity index (χ1) is 13.2. The zero-order valence-corrected chi connectivity index (χ0v) is 16.0. The van der Waals surface area contributed by atoms with Gasteiger partial charge in [-0.25, -0.2) is 9.97 Å². The summed E-state index contributed by atoms with van der Waals surface area (Å²) in [6.07, 6.45) is 2.46. The van der Waals surface area contributed by atoms with Crippen molar-refractivity contribution in [2.45, 2.75) is 18.4 Å². The number of aryl methyl sites for hydroxylation is 1. The molecule has 0 aliphatic heterocycles. The third kappa shape index (κ3) is 3.39. The number of fused-ring (bicyclic) bond motifs is 2. The second kappa shape index (κ2) is 7.39. The van der Waals surface area contributed by atoms with Crippen molar-refractivity contribution in [2.24, 2.45) is 0 Å². The van der Waals surface area contributed by atoms with Gasteiger partial charge in [-0.1, -0.05) is 30.8 Å². The number of hydrogen-bond acceptors (Lipinski definition) is 7. The van der Waals surface area contributed by atoms with Gasteiger partial charge in [0.15, 0.2) is 0 Å². The minimum atomic E-state index is -0.222. The molecule has 1 N–H and O–H groups in total. The van der Waals surface area contributed by atoms with Crippen molar-refractivity contribution in [3.63, 3.8) is 0 Å². The lowest BCUT2D eigenvalue weighted by atomic mass is 10.2. The number of nitrogens with zero attached hydrogens (tertiary/aromatic N) is 3. The highest BCUT2D eigenvalue weighted by molar-refractivity contribution is 8.00. The van der Waals surface area contributed by atoms with E-state index in [0.717, 1.165) is 21.7 Å². The minimum Gasteiger partial charge on any atom is -0.443 e. The molecule has 0 fully saturated rings. The Bertz CT molecular complexity index is 1190. The number of nitrogens with one attached hydrogen (secondary N) is 1. The van der Waals surface area contributed by atoms with Crippen LogP contribution in [-0.2, 0) is 11.2 Å². The van der Waals surface area contributed by atoms with E-state index in [1.165, 1.54) is 23.0 Å². The Morgan fingerprint density at radius 2 is 2.19 bits per heavy atom. The summed E-state index contributed by atoms with van der Waals surface area (Å²) in [5.41, 5.74) is 0.982. The number of nitriles is 1. The van der Waals surface area contributed by atoms with E-state index in [1.54, 1.807) is 17.4 Å². The van der Waals surface area contributed by atoms with Crippen LogP contribution in [0.1, 0.15) is 17.6 Å². The van der Waals surface area contributed by atoms with Gasteiger partial charge in [0.05, 0.1) is 5.75 Å². The Balaban J connectivity index is 1.53. The third-order valence-electron chi connectivity index (χ3n) is 3.99. The van der Waals surface area contributed by atoms with Gasteiger partial charge in [-0.3, -0.25) is 4.79 Å². The van der Waals surface area contributed by atoms with Crippen LogP contribution in [0.15, 0.2) is 46.1 Å². The minimum absolute atomic E-state index is 0.101. The highest BCUT2D eigenvalue weighted by atomic mass is 32.2. The number of thioether (sulfide) groups is 1. The fourth-order valence-corrected chi connectivity index (χ4v) is 4.50. The maximum Gasteiger partial charge on any atom is 0.234 e. The molecule has 1 aromatic carbocycles. The summed E-state index contributed by atoms with van der Waals surface area (Å²) in [5, 5.41) is 14.5. The molecule has 6 nitrogen and oxygen atoms in total. The highest BCUT2D eigenvalue weighted by Gasteiger charge is 2.17. The van der Waals surface area contributed by atoms with Crippen molar-refractivity contribution in [1.82, 2.24) is 9.97 Å². The lowest BCUT2D eigenvalue weighted by Gasteiger charge is -2.04. The van der Waals surface area contributed by atoms with E-state index in [-0.39, 0.29) is 17.4 Å². The maximum absolute atomic E-state index is 12.5. The number of furan rings is 1. The fourth-order valence-electron chi connectivity index (χ4n) is 2.73. The van der Waals surface area contributed by atoms with E-state index in [1.807, 2.05) is 24.3 Å².